The third-order valence-corrected chi connectivity index (χ3v) is 6.18. The number of nitrogen functional groups attached to an aromatic ring is 1. The van der Waals surface area contributed by atoms with Crippen molar-refractivity contribution in [2.75, 3.05) is 18.0 Å². The maximum atomic E-state index is 12.5. The molecule has 110 valence electrons. The standard InChI is InChI=1S/C13H20N4OS2/c14-12-15-16-13(20-12)19-8-11(18)17-7-3-5-9-4-1-2-6-10(9)17/h9-10H,1-8H2,(H2,14,15)/t9-,10-/m1/s1. The van der Waals surface area contributed by atoms with E-state index in [0.29, 0.717) is 16.9 Å². The lowest BCUT2D eigenvalue weighted by molar-refractivity contribution is -0.134. The number of thioether (sulfide) groups is 1. The van der Waals surface area contributed by atoms with E-state index < -0.39 is 0 Å². The highest BCUT2D eigenvalue weighted by Crippen LogP contribution is 2.35. The number of carbonyl (C=O) groups excluding carboxylic acids is 1. The van der Waals surface area contributed by atoms with Crippen LogP contribution >= 0.6 is 23.1 Å². The van der Waals surface area contributed by atoms with Crippen molar-refractivity contribution < 1.29 is 4.79 Å². The molecule has 1 saturated heterocycles. The first-order valence-corrected chi connectivity index (χ1v) is 9.05. The van der Waals surface area contributed by atoms with Gasteiger partial charge in [0.05, 0.1) is 5.75 Å². The Morgan fingerprint density at radius 1 is 1.30 bits per heavy atom. The molecule has 0 aromatic carbocycles. The van der Waals surface area contributed by atoms with Gasteiger partial charge in [-0.05, 0) is 31.6 Å². The van der Waals surface area contributed by atoms with E-state index in [1.807, 2.05) is 0 Å². The number of rotatable bonds is 3. The van der Waals surface area contributed by atoms with Crippen LogP contribution in [0.2, 0.25) is 0 Å². The second kappa shape index (κ2) is 6.30. The number of likely N-dealkylation sites (tertiary alicyclic amines) is 1. The van der Waals surface area contributed by atoms with E-state index in [9.17, 15) is 4.79 Å². The van der Waals surface area contributed by atoms with Gasteiger partial charge in [-0.15, -0.1) is 10.2 Å². The van der Waals surface area contributed by atoms with E-state index in [2.05, 4.69) is 15.1 Å². The number of nitrogens with two attached hydrogens (primary N) is 1. The molecule has 1 aliphatic carbocycles. The fourth-order valence-corrected chi connectivity index (χ4v) is 4.94. The number of carbonyl (C=O) groups is 1. The summed E-state index contributed by atoms with van der Waals surface area (Å²) in [5.41, 5.74) is 5.55. The monoisotopic (exact) mass is 312 g/mol. The van der Waals surface area contributed by atoms with Gasteiger partial charge in [0.2, 0.25) is 11.0 Å². The van der Waals surface area contributed by atoms with Crippen LogP contribution in [0.1, 0.15) is 38.5 Å². The summed E-state index contributed by atoms with van der Waals surface area (Å²) < 4.78 is 0.785. The number of aromatic nitrogens is 2. The van der Waals surface area contributed by atoms with E-state index in [0.717, 1.165) is 23.2 Å². The molecule has 7 heteroatoms. The Hall–Kier alpha value is -0.820. The van der Waals surface area contributed by atoms with E-state index in [1.54, 1.807) is 0 Å². The molecule has 2 atom stereocenters. The number of hydrogen-bond donors (Lipinski definition) is 1. The van der Waals surface area contributed by atoms with E-state index in [4.69, 9.17) is 5.73 Å². The van der Waals surface area contributed by atoms with Crippen molar-refractivity contribution in [1.82, 2.24) is 15.1 Å². The lowest BCUT2D eigenvalue weighted by atomic mass is 9.78. The maximum Gasteiger partial charge on any atom is 0.233 e. The molecule has 1 aromatic rings. The van der Waals surface area contributed by atoms with Gasteiger partial charge in [-0.2, -0.15) is 0 Å². The molecule has 0 bridgehead atoms. The molecule has 2 N–H and O–H groups in total. The van der Waals surface area contributed by atoms with Crippen molar-refractivity contribution in [3.05, 3.63) is 0 Å². The normalized spacial score (nSPS) is 26.3. The largest absolute Gasteiger partial charge is 0.374 e. The second-order valence-electron chi connectivity index (χ2n) is 5.54. The van der Waals surface area contributed by atoms with Crippen molar-refractivity contribution in [2.24, 2.45) is 5.92 Å². The zero-order valence-corrected chi connectivity index (χ0v) is 13.1. The van der Waals surface area contributed by atoms with Gasteiger partial charge in [0.1, 0.15) is 0 Å². The molecule has 1 saturated carbocycles. The first kappa shape index (κ1) is 14.1. The number of piperidine rings is 1. The van der Waals surface area contributed by atoms with Crippen molar-refractivity contribution in [3.63, 3.8) is 0 Å². The zero-order valence-electron chi connectivity index (χ0n) is 11.5. The second-order valence-corrected chi connectivity index (χ2v) is 7.77. The highest BCUT2D eigenvalue weighted by Gasteiger charge is 2.35. The Morgan fingerprint density at radius 3 is 2.90 bits per heavy atom. The van der Waals surface area contributed by atoms with Gasteiger partial charge >= 0.3 is 0 Å². The lowest BCUT2D eigenvalue weighted by Gasteiger charge is -2.44. The molecule has 1 aliphatic heterocycles. The molecule has 0 unspecified atom stereocenters. The molecule has 1 amide bonds. The van der Waals surface area contributed by atoms with Crippen LogP contribution in [0.25, 0.3) is 0 Å². The summed E-state index contributed by atoms with van der Waals surface area (Å²) in [4.78, 5) is 14.6. The first-order valence-electron chi connectivity index (χ1n) is 7.25. The molecule has 1 aromatic heterocycles. The van der Waals surface area contributed by atoms with Crippen LogP contribution in [0, 0.1) is 5.92 Å². The fourth-order valence-electron chi connectivity index (χ4n) is 3.42. The SMILES string of the molecule is Nc1nnc(SCC(=O)N2CCC[C@H]3CCCC[C@H]32)s1. The number of fused-ring (bicyclic) bond motifs is 1. The van der Waals surface area contributed by atoms with Crippen molar-refractivity contribution in [1.29, 1.82) is 0 Å². The molecule has 3 rings (SSSR count). The van der Waals surface area contributed by atoms with Crippen LogP contribution in [-0.4, -0.2) is 39.3 Å². The molecule has 2 aliphatic rings. The predicted molar refractivity (Wildman–Crippen MR) is 81.7 cm³/mol. The summed E-state index contributed by atoms with van der Waals surface area (Å²) in [7, 11) is 0. The van der Waals surface area contributed by atoms with Crippen molar-refractivity contribution in [3.8, 4) is 0 Å². The summed E-state index contributed by atoms with van der Waals surface area (Å²) in [5.74, 6) is 1.45. The summed E-state index contributed by atoms with van der Waals surface area (Å²) in [6.45, 7) is 0.929. The summed E-state index contributed by atoms with van der Waals surface area (Å²) >= 11 is 2.80. The highest BCUT2D eigenvalue weighted by atomic mass is 32.2. The number of hydrogen-bond acceptors (Lipinski definition) is 6. The molecule has 2 fully saturated rings. The summed E-state index contributed by atoms with van der Waals surface area (Å²) in [6.07, 6.45) is 7.55. The van der Waals surface area contributed by atoms with Crippen LogP contribution in [-0.2, 0) is 4.79 Å². The molecular weight excluding hydrogens is 292 g/mol. The molecule has 5 nitrogen and oxygen atoms in total. The fraction of sp³-hybridized carbons (Fsp3) is 0.769. The Balaban J connectivity index is 1.58. The average Bonchev–Trinajstić information content (AvgIpc) is 2.90. The van der Waals surface area contributed by atoms with E-state index >= 15 is 0 Å². The van der Waals surface area contributed by atoms with E-state index in [1.165, 1.54) is 55.2 Å². The summed E-state index contributed by atoms with van der Waals surface area (Å²) in [6, 6.07) is 0.491. The molecule has 20 heavy (non-hydrogen) atoms. The number of amides is 1. The Bertz CT molecular complexity index is 477. The third-order valence-electron chi connectivity index (χ3n) is 4.30. The highest BCUT2D eigenvalue weighted by molar-refractivity contribution is 8.01. The molecule has 0 radical (unpaired) electrons. The van der Waals surface area contributed by atoms with Gasteiger partial charge in [-0.25, -0.2) is 0 Å². The Morgan fingerprint density at radius 2 is 2.10 bits per heavy atom. The molecular formula is C13H20N4OS2. The lowest BCUT2D eigenvalue weighted by Crippen LogP contribution is -2.50. The van der Waals surface area contributed by atoms with Gasteiger partial charge in [0.25, 0.3) is 0 Å². The smallest absolute Gasteiger partial charge is 0.233 e. The van der Waals surface area contributed by atoms with Gasteiger partial charge < -0.3 is 10.6 Å². The van der Waals surface area contributed by atoms with Crippen LogP contribution in [0.3, 0.4) is 0 Å². The van der Waals surface area contributed by atoms with Gasteiger partial charge in [0, 0.05) is 12.6 Å². The molecule has 2 heterocycles. The van der Waals surface area contributed by atoms with Crippen LogP contribution in [0.5, 0.6) is 0 Å². The maximum absolute atomic E-state index is 12.5. The van der Waals surface area contributed by atoms with Gasteiger partial charge in [-0.1, -0.05) is 35.9 Å². The van der Waals surface area contributed by atoms with Crippen molar-refractivity contribution in [2.45, 2.75) is 48.9 Å². The van der Waals surface area contributed by atoms with E-state index in [-0.39, 0.29) is 5.91 Å². The Labute approximate surface area is 127 Å². The minimum atomic E-state index is 0.250. The minimum Gasteiger partial charge on any atom is -0.374 e. The minimum absolute atomic E-state index is 0.250. The number of nitrogens with zero attached hydrogens (tertiary/aromatic N) is 3. The van der Waals surface area contributed by atoms with Crippen molar-refractivity contribution >= 4 is 34.1 Å². The third kappa shape index (κ3) is 3.09. The van der Waals surface area contributed by atoms with Gasteiger partial charge in [0.15, 0.2) is 4.34 Å². The zero-order chi connectivity index (χ0) is 13.9. The summed E-state index contributed by atoms with van der Waals surface area (Å²) in [5, 5.41) is 8.19. The Kier molecular flexibility index (Phi) is 4.45. The van der Waals surface area contributed by atoms with Crippen LogP contribution in [0.4, 0.5) is 5.13 Å². The predicted octanol–water partition coefficient (Wildman–Crippen LogP) is 2.39. The molecule has 0 spiro atoms. The van der Waals surface area contributed by atoms with Crippen LogP contribution in [0.15, 0.2) is 4.34 Å². The quantitative estimate of drug-likeness (QED) is 0.868. The average molecular weight is 312 g/mol. The first-order chi connectivity index (χ1) is 9.74. The van der Waals surface area contributed by atoms with Crippen LogP contribution < -0.4 is 5.73 Å². The number of anilines is 1. The van der Waals surface area contributed by atoms with Gasteiger partial charge in [-0.3, -0.25) is 4.79 Å². The topological polar surface area (TPSA) is 72.1 Å².